The molecule has 0 atom stereocenters. The first-order valence-corrected chi connectivity index (χ1v) is 9.32. The van der Waals surface area contributed by atoms with Crippen molar-refractivity contribution in [1.82, 2.24) is 15.6 Å². The van der Waals surface area contributed by atoms with E-state index in [-0.39, 0.29) is 0 Å². The van der Waals surface area contributed by atoms with Crippen LogP contribution >= 0.6 is 23.1 Å². The second kappa shape index (κ2) is 10.0. The molecule has 1 aromatic heterocycles. The number of rotatable bonds is 8. The van der Waals surface area contributed by atoms with Gasteiger partial charge in [0.25, 0.3) is 0 Å². The molecule has 4 nitrogen and oxygen atoms in total. The van der Waals surface area contributed by atoms with Gasteiger partial charge in [0.1, 0.15) is 0 Å². The molecule has 20 heavy (non-hydrogen) atoms. The fraction of sp³-hybridized carbons (Fsp3) is 0.714. The van der Waals surface area contributed by atoms with Gasteiger partial charge in [0.15, 0.2) is 5.96 Å². The highest BCUT2D eigenvalue weighted by molar-refractivity contribution is 7.98. The SMILES string of the molecule is CN=C(NCCCCSC)NCc1csc(C(C)C)n1. The molecule has 2 N–H and O–H groups in total. The summed E-state index contributed by atoms with van der Waals surface area (Å²) in [5.41, 5.74) is 1.09. The van der Waals surface area contributed by atoms with Crippen LogP contribution < -0.4 is 10.6 Å². The van der Waals surface area contributed by atoms with Crippen LogP contribution in [0.15, 0.2) is 10.4 Å². The van der Waals surface area contributed by atoms with Crippen molar-refractivity contribution in [2.24, 2.45) is 4.99 Å². The zero-order valence-electron chi connectivity index (χ0n) is 12.9. The van der Waals surface area contributed by atoms with Crippen molar-refractivity contribution in [1.29, 1.82) is 0 Å². The van der Waals surface area contributed by atoms with Gasteiger partial charge < -0.3 is 10.6 Å². The molecule has 1 heterocycles. The topological polar surface area (TPSA) is 49.3 Å². The molecule has 0 saturated carbocycles. The molecule has 0 aliphatic rings. The lowest BCUT2D eigenvalue weighted by Crippen LogP contribution is -2.37. The number of thiazole rings is 1. The van der Waals surface area contributed by atoms with Gasteiger partial charge in [-0.25, -0.2) is 4.98 Å². The summed E-state index contributed by atoms with van der Waals surface area (Å²) < 4.78 is 0. The third-order valence-corrected chi connectivity index (χ3v) is 4.68. The largest absolute Gasteiger partial charge is 0.356 e. The van der Waals surface area contributed by atoms with Crippen molar-refractivity contribution in [3.63, 3.8) is 0 Å². The molecule has 0 unspecified atom stereocenters. The second-order valence-corrected chi connectivity index (χ2v) is 6.76. The molecule has 1 aromatic rings. The molecule has 0 aliphatic heterocycles. The van der Waals surface area contributed by atoms with E-state index in [1.807, 2.05) is 11.8 Å². The highest BCUT2D eigenvalue weighted by Crippen LogP contribution is 2.18. The second-order valence-electron chi connectivity index (χ2n) is 4.88. The van der Waals surface area contributed by atoms with Crippen molar-refractivity contribution in [2.45, 2.75) is 39.2 Å². The maximum Gasteiger partial charge on any atom is 0.191 e. The van der Waals surface area contributed by atoms with E-state index >= 15 is 0 Å². The summed E-state index contributed by atoms with van der Waals surface area (Å²) in [4.78, 5) is 8.83. The standard InChI is InChI=1S/C14H26N4S2/c1-11(2)13-18-12(10-20-13)9-17-14(15-3)16-7-5-6-8-19-4/h10-11H,5-9H2,1-4H3,(H2,15,16,17). The normalized spacial score (nSPS) is 11.9. The Bertz CT molecular complexity index is 402. The summed E-state index contributed by atoms with van der Waals surface area (Å²) in [6.45, 7) is 6.04. The molecule has 0 amide bonds. The Hall–Kier alpha value is -0.750. The van der Waals surface area contributed by atoms with Gasteiger partial charge in [0, 0.05) is 24.9 Å². The Balaban J connectivity index is 2.26. The van der Waals surface area contributed by atoms with E-state index in [1.165, 1.54) is 23.6 Å². The van der Waals surface area contributed by atoms with Crippen LogP contribution in [0.25, 0.3) is 0 Å². The molecule has 0 fully saturated rings. The Morgan fingerprint density at radius 2 is 2.20 bits per heavy atom. The van der Waals surface area contributed by atoms with Crippen LogP contribution in [0.4, 0.5) is 0 Å². The van der Waals surface area contributed by atoms with Crippen molar-refractivity contribution < 1.29 is 0 Å². The van der Waals surface area contributed by atoms with E-state index in [2.05, 4.69) is 46.1 Å². The summed E-state index contributed by atoms with van der Waals surface area (Å²) in [6.07, 6.45) is 4.57. The predicted octanol–water partition coefficient (Wildman–Crippen LogP) is 3.07. The molecule has 0 aromatic carbocycles. The Morgan fingerprint density at radius 1 is 1.40 bits per heavy atom. The van der Waals surface area contributed by atoms with Crippen LogP contribution in [0.1, 0.15) is 43.3 Å². The van der Waals surface area contributed by atoms with Crippen LogP contribution in [0.5, 0.6) is 0 Å². The molecule has 6 heteroatoms. The summed E-state index contributed by atoms with van der Waals surface area (Å²) in [5, 5.41) is 9.96. The van der Waals surface area contributed by atoms with E-state index < -0.39 is 0 Å². The first-order chi connectivity index (χ1) is 9.67. The van der Waals surface area contributed by atoms with E-state index in [0.29, 0.717) is 5.92 Å². The lowest BCUT2D eigenvalue weighted by molar-refractivity contribution is 0.728. The van der Waals surface area contributed by atoms with Gasteiger partial charge in [-0.05, 0) is 24.9 Å². The quantitative estimate of drug-likeness (QED) is 0.440. The number of hydrogen-bond acceptors (Lipinski definition) is 4. The summed E-state index contributed by atoms with van der Waals surface area (Å²) in [6, 6.07) is 0. The highest BCUT2D eigenvalue weighted by Gasteiger charge is 2.06. The van der Waals surface area contributed by atoms with Crippen LogP contribution in [0.2, 0.25) is 0 Å². The lowest BCUT2D eigenvalue weighted by Gasteiger charge is -2.10. The van der Waals surface area contributed by atoms with Gasteiger partial charge in [0.05, 0.1) is 17.2 Å². The Kier molecular flexibility index (Phi) is 8.69. The van der Waals surface area contributed by atoms with Crippen molar-refractivity contribution in [3.8, 4) is 0 Å². The lowest BCUT2D eigenvalue weighted by atomic mass is 10.2. The minimum atomic E-state index is 0.502. The van der Waals surface area contributed by atoms with Gasteiger partial charge >= 0.3 is 0 Å². The van der Waals surface area contributed by atoms with E-state index in [4.69, 9.17) is 0 Å². The first kappa shape index (κ1) is 17.3. The zero-order chi connectivity index (χ0) is 14.8. The van der Waals surface area contributed by atoms with Crippen LogP contribution in [-0.2, 0) is 6.54 Å². The Morgan fingerprint density at radius 3 is 2.80 bits per heavy atom. The van der Waals surface area contributed by atoms with E-state index in [1.54, 1.807) is 18.4 Å². The van der Waals surface area contributed by atoms with Crippen molar-refractivity contribution in [3.05, 3.63) is 16.1 Å². The number of aliphatic imine (C=N–C) groups is 1. The van der Waals surface area contributed by atoms with Gasteiger partial charge in [-0.1, -0.05) is 13.8 Å². The molecule has 0 radical (unpaired) electrons. The molecule has 0 saturated heterocycles. The maximum absolute atomic E-state index is 4.61. The highest BCUT2D eigenvalue weighted by atomic mass is 32.2. The summed E-state index contributed by atoms with van der Waals surface area (Å²) >= 11 is 3.63. The number of thioether (sulfide) groups is 1. The number of nitrogens with zero attached hydrogens (tertiary/aromatic N) is 2. The van der Waals surface area contributed by atoms with E-state index in [9.17, 15) is 0 Å². The molecule has 114 valence electrons. The van der Waals surface area contributed by atoms with Crippen LogP contribution in [0, 0.1) is 0 Å². The number of unbranched alkanes of at least 4 members (excludes halogenated alkanes) is 1. The molecular weight excluding hydrogens is 288 g/mol. The van der Waals surface area contributed by atoms with Crippen LogP contribution in [-0.4, -0.2) is 36.5 Å². The smallest absolute Gasteiger partial charge is 0.191 e. The van der Waals surface area contributed by atoms with E-state index in [0.717, 1.165) is 24.7 Å². The molecule has 0 aliphatic carbocycles. The third-order valence-electron chi connectivity index (χ3n) is 2.79. The van der Waals surface area contributed by atoms with Gasteiger partial charge in [-0.15, -0.1) is 11.3 Å². The number of nitrogens with one attached hydrogen (secondary N) is 2. The summed E-state index contributed by atoms with van der Waals surface area (Å²) in [7, 11) is 1.80. The summed E-state index contributed by atoms with van der Waals surface area (Å²) in [5.74, 6) is 2.58. The number of guanidine groups is 1. The fourth-order valence-corrected chi connectivity index (χ4v) is 2.97. The van der Waals surface area contributed by atoms with Gasteiger partial charge in [-0.3, -0.25) is 4.99 Å². The van der Waals surface area contributed by atoms with Crippen molar-refractivity contribution >= 4 is 29.1 Å². The number of hydrogen-bond donors (Lipinski definition) is 2. The Labute approximate surface area is 130 Å². The van der Waals surface area contributed by atoms with Crippen LogP contribution in [0.3, 0.4) is 0 Å². The average Bonchev–Trinajstić information content (AvgIpc) is 2.91. The molecule has 1 rings (SSSR count). The van der Waals surface area contributed by atoms with Crippen molar-refractivity contribution in [2.75, 3.05) is 25.6 Å². The maximum atomic E-state index is 4.61. The first-order valence-electron chi connectivity index (χ1n) is 7.05. The number of aromatic nitrogens is 1. The third kappa shape index (κ3) is 6.61. The van der Waals surface area contributed by atoms with Gasteiger partial charge in [0.2, 0.25) is 0 Å². The predicted molar refractivity (Wildman–Crippen MR) is 92.0 cm³/mol. The average molecular weight is 315 g/mol. The molecule has 0 bridgehead atoms. The monoisotopic (exact) mass is 314 g/mol. The fourth-order valence-electron chi connectivity index (χ4n) is 1.64. The minimum absolute atomic E-state index is 0.502. The zero-order valence-corrected chi connectivity index (χ0v) is 14.5. The minimum Gasteiger partial charge on any atom is -0.356 e. The molecule has 0 spiro atoms. The van der Waals surface area contributed by atoms with Gasteiger partial charge in [-0.2, -0.15) is 11.8 Å². The molecular formula is C14H26N4S2.